The van der Waals surface area contributed by atoms with Crippen LogP contribution >= 0.6 is 0 Å². The van der Waals surface area contributed by atoms with Crippen LogP contribution in [0, 0.1) is 6.92 Å². The fourth-order valence-electron chi connectivity index (χ4n) is 1.78. The highest BCUT2D eigenvalue weighted by Gasteiger charge is 2.17. The highest BCUT2D eigenvalue weighted by atomic mass is 32.2. The molecule has 5 nitrogen and oxygen atoms in total. The van der Waals surface area contributed by atoms with Crippen LogP contribution in [0.3, 0.4) is 0 Å². The van der Waals surface area contributed by atoms with E-state index >= 15 is 0 Å². The summed E-state index contributed by atoms with van der Waals surface area (Å²) in [6.45, 7) is 2.22. The number of anilines is 1. The Bertz CT molecular complexity index is 682. The fourth-order valence-corrected chi connectivity index (χ4v) is 2.97. The first-order valence-corrected chi connectivity index (χ1v) is 7.62. The van der Waals surface area contributed by atoms with E-state index in [9.17, 15) is 8.42 Å². The third-order valence-corrected chi connectivity index (χ3v) is 4.38. The molecule has 0 aromatic heterocycles. The van der Waals surface area contributed by atoms with Crippen LogP contribution in [-0.2, 0) is 16.6 Å². The van der Waals surface area contributed by atoms with Crippen LogP contribution in [0.25, 0.3) is 0 Å². The number of sulfonamides is 1. The van der Waals surface area contributed by atoms with Crippen LogP contribution in [0.5, 0.6) is 0 Å². The lowest BCUT2D eigenvalue weighted by Gasteiger charge is -2.11. The quantitative estimate of drug-likeness (QED) is 0.579. The van der Waals surface area contributed by atoms with E-state index in [1.165, 1.54) is 6.07 Å². The Balaban J connectivity index is 2.17. The number of hydrogen-bond acceptors (Lipinski definition) is 4. The Morgan fingerprint density at radius 3 is 2.35 bits per heavy atom. The van der Waals surface area contributed by atoms with Gasteiger partial charge in [-0.1, -0.05) is 42.0 Å². The fraction of sp³-hybridized carbons (Fsp3) is 0.143. The predicted octanol–water partition coefficient (Wildman–Crippen LogP) is 1.76. The first-order chi connectivity index (χ1) is 9.53. The highest BCUT2D eigenvalue weighted by Crippen LogP contribution is 2.19. The number of aryl methyl sites for hydroxylation is 1. The average molecular weight is 291 g/mol. The third-order valence-electron chi connectivity index (χ3n) is 2.92. The number of nitrogen functional groups attached to an aromatic ring is 1. The Hall–Kier alpha value is -1.89. The first-order valence-electron chi connectivity index (χ1n) is 6.14. The molecule has 0 spiro atoms. The van der Waals surface area contributed by atoms with Gasteiger partial charge in [-0.3, -0.25) is 5.84 Å². The lowest BCUT2D eigenvalue weighted by Crippen LogP contribution is -2.25. The molecule has 0 unspecified atom stereocenters. The number of nitrogens with two attached hydrogens (primary N) is 1. The minimum absolute atomic E-state index is 0.134. The van der Waals surface area contributed by atoms with Crippen molar-refractivity contribution in [3.63, 3.8) is 0 Å². The molecule has 2 aromatic carbocycles. The molecule has 0 heterocycles. The van der Waals surface area contributed by atoms with Crippen molar-refractivity contribution < 1.29 is 8.42 Å². The second-order valence-corrected chi connectivity index (χ2v) is 6.19. The highest BCUT2D eigenvalue weighted by molar-refractivity contribution is 7.89. The van der Waals surface area contributed by atoms with Gasteiger partial charge in [-0.05, 0) is 24.6 Å². The normalized spacial score (nSPS) is 11.3. The Morgan fingerprint density at radius 1 is 1.05 bits per heavy atom. The van der Waals surface area contributed by atoms with Crippen molar-refractivity contribution in [1.82, 2.24) is 4.72 Å². The molecular formula is C14H17N3O2S. The van der Waals surface area contributed by atoms with E-state index in [0.717, 1.165) is 11.1 Å². The van der Waals surface area contributed by atoms with Crippen LogP contribution in [0.4, 0.5) is 5.69 Å². The molecule has 0 amide bonds. The molecule has 0 saturated carbocycles. The average Bonchev–Trinajstić information content (AvgIpc) is 2.46. The van der Waals surface area contributed by atoms with Gasteiger partial charge in [0.15, 0.2) is 0 Å². The van der Waals surface area contributed by atoms with E-state index in [-0.39, 0.29) is 11.4 Å². The van der Waals surface area contributed by atoms with Crippen LogP contribution in [0.2, 0.25) is 0 Å². The van der Waals surface area contributed by atoms with Gasteiger partial charge in [0, 0.05) is 6.54 Å². The van der Waals surface area contributed by atoms with Crippen molar-refractivity contribution in [2.24, 2.45) is 5.84 Å². The second-order valence-electron chi connectivity index (χ2n) is 4.45. The Kier molecular flexibility index (Phi) is 4.39. The van der Waals surface area contributed by atoms with Crippen molar-refractivity contribution >= 4 is 15.7 Å². The molecular weight excluding hydrogens is 274 g/mol. The first kappa shape index (κ1) is 14.5. The number of rotatable bonds is 5. The standard InChI is InChI=1S/C14H17N3O2S/c1-11-6-8-12(9-7-11)10-16-20(18,19)14-5-3-2-4-13(14)17-15/h2-9,16-17H,10,15H2,1H3. The molecule has 0 atom stereocenters. The van der Waals surface area contributed by atoms with Gasteiger partial charge < -0.3 is 5.43 Å². The zero-order valence-electron chi connectivity index (χ0n) is 11.1. The van der Waals surface area contributed by atoms with Crippen LogP contribution in [-0.4, -0.2) is 8.42 Å². The van der Waals surface area contributed by atoms with Crippen LogP contribution < -0.4 is 16.0 Å². The molecule has 2 aromatic rings. The van der Waals surface area contributed by atoms with Crippen molar-refractivity contribution in [2.45, 2.75) is 18.4 Å². The summed E-state index contributed by atoms with van der Waals surface area (Å²) in [5, 5.41) is 0. The van der Waals surface area contributed by atoms with E-state index < -0.39 is 10.0 Å². The third kappa shape index (κ3) is 3.36. The molecule has 4 N–H and O–H groups in total. The monoisotopic (exact) mass is 291 g/mol. The van der Waals surface area contributed by atoms with Crippen molar-refractivity contribution in [2.75, 3.05) is 5.43 Å². The Labute approximate surface area is 118 Å². The number of benzene rings is 2. The van der Waals surface area contributed by atoms with Gasteiger partial charge in [0.2, 0.25) is 10.0 Å². The maximum atomic E-state index is 12.2. The predicted molar refractivity (Wildman–Crippen MR) is 79.5 cm³/mol. The lowest BCUT2D eigenvalue weighted by molar-refractivity contribution is 0.581. The summed E-state index contributed by atoms with van der Waals surface area (Å²) >= 11 is 0. The maximum absolute atomic E-state index is 12.2. The van der Waals surface area contributed by atoms with E-state index in [4.69, 9.17) is 5.84 Å². The molecule has 0 aliphatic heterocycles. The summed E-state index contributed by atoms with van der Waals surface area (Å²) < 4.78 is 27.1. The largest absolute Gasteiger partial charge is 0.323 e. The number of hydrogen-bond donors (Lipinski definition) is 3. The summed E-state index contributed by atoms with van der Waals surface area (Å²) in [7, 11) is -3.60. The van der Waals surface area contributed by atoms with Gasteiger partial charge >= 0.3 is 0 Å². The van der Waals surface area contributed by atoms with E-state index in [1.54, 1.807) is 18.2 Å². The van der Waals surface area contributed by atoms with E-state index in [0.29, 0.717) is 5.69 Å². The molecule has 0 bridgehead atoms. The van der Waals surface area contributed by atoms with E-state index in [1.807, 2.05) is 31.2 Å². The summed E-state index contributed by atoms with van der Waals surface area (Å²) in [5.41, 5.74) is 4.79. The Morgan fingerprint density at radius 2 is 1.70 bits per heavy atom. The zero-order chi connectivity index (χ0) is 14.6. The maximum Gasteiger partial charge on any atom is 0.242 e. The summed E-state index contributed by atoms with van der Waals surface area (Å²) in [5.74, 6) is 5.33. The topological polar surface area (TPSA) is 84.2 Å². The molecule has 0 aliphatic carbocycles. The van der Waals surface area contributed by atoms with Gasteiger partial charge in [-0.25, -0.2) is 13.1 Å². The summed E-state index contributed by atoms with van der Waals surface area (Å²) in [6, 6.07) is 14.2. The molecule has 0 aliphatic rings. The molecule has 6 heteroatoms. The SMILES string of the molecule is Cc1ccc(CNS(=O)(=O)c2ccccc2NN)cc1. The van der Waals surface area contributed by atoms with Crippen LogP contribution in [0.15, 0.2) is 53.4 Å². The van der Waals surface area contributed by atoms with Crippen molar-refractivity contribution in [3.05, 3.63) is 59.7 Å². The van der Waals surface area contributed by atoms with Crippen LogP contribution in [0.1, 0.15) is 11.1 Å². The van der Waals surface area contributed by atoms with Gasteiger partial charge in [0.1, 0.15) is 4.90 Å². The molecule has 0 fully saturated rings. The minimum atomic E-state index is -3.60. The van der Waals surface area contributed by atoms with E-state index in [2.05, 4.69) is 10.1 Å². The smallest absolute Gasteiger partial charge is 0.242 e. The zero-order valence-corrected chi connectivity index (χ0v) is 11.9. The molecule has 106 valence electrons. The second kappa shape index (κ2) is 6.04. The number of hydrazine groups is 1. The molecule has 20 heavy (non-hydrogen) atoms. The molecule has 2 rings (SSSR count). The lowest BCUT2D eigenvalue weighted by atomic mass is 10.2. The van der Waals surface area contributed by atoms with Gasteiger partial charge in [0.25, 0.3) is 0 Å². The molecule has 0 saturated heterocycles. The van der Waals surface area contributed by atoms with Crippen molar-refractivity contribution in [1.29, 1.82) is 0 Å². The summed E-state index contributed by atoms with van der Waals surface area (Å²) in [4.78, 5) is 0.134. The number of para-hydroxylation sites is 1. The van der Waals surface area contributed by atoms with Gasteiger partial charge in [0.05, 0.1) is 5.69 Å². The minimum Gasteiger partial charge on any atom is -0.323 e. The summed E-state index contributed by atoms with van der Waals surface area (Å²) in [6.07, 6.45) is 0. The van der Waals surface area contributed by atoms with Gasteiger partial charge in [-0.2, -0.15) is 0 Å². The van der Waals surface area contributed by atoms with Gasteiger partial charge in [-0.15, -0.1) is 0 Å². The van der Waals surface area contributed by atoms with Crippen molar-refractivity contribution in [3.8, 4) is 0 Å². The number of nitrogens with one attached hydrogen (secondary N) is 2. The molecule has 0 radical (unpaired) electrons.